The third-order valence-electron chi connectivity index (χ3n) is 1.16. The summed E-state index contributed by atoms with van der Waals surface area (Å²) < 4.78 is 0. The quantitative estimate of drug-likeness (QED) is 0.634. The lowest BCUT2D eigenvalue weighted by molar-refractivity contribution is 1.40. The predicted octanol–water partition coefficient (Wildman–Crippen LogP) is 2.67. The van der Waals surface area contributed by atoms with Crippen LogP contribution in [-0.2, 0) is 0 Å². The van der Waals surface area contributed by atoms with Crippen LogP contribution in [0, 0.1) is 6.20 Å². The zero-order chi connectivity index (χ0) is 6.81. The van der Waals surface area contributed by atoms with Gasteiger partial charge in [0.15, 0.2) is 0 Å². The van der Waals surface area contributed by atoms with E-state index in [1.165, 1.54) is 5.56 Å². The topological polar surface area (TPSA) is 12.9 Å². The number of thiazole rings is 1. The monoisotopic (exact) mass is 166 g/mol. The highest BCUT2D eigenvalue weighted by molar-refractivity contribution is 7.13. The van der Waals surface area contributed by atoms with Gasteiger partial charge in [0.25, 0.3) is 0 Å². The Morgan fingerprint density at radius 1 is 1.50 bits per heavy atom. The lowest BCUT2D eigenvalue weighted by atomic mass is 10.4. The van der Waals surface area contributed by atoms with Gasteiger partial charge in [-0.1, -0.05) is 0 Å². The van der Waals surface area contributed by atoms with Crippen molar-refractivity contribution in [2.45, 2.75) is 0 Å². The number of aromatic nitrogens is 1. The Morgan fingerprint density at radius 3 is 3.10 bits per heavy atom. The summed E-state index contributed by atoms with van der Waals surface area (Å²) in [5.41, 5.74) is 1.20. The van der Waals surface area contributed by atoms with Crippen LogP contribution >= 0.6 is 22.7 Å². The van der Waals surface area contributed by atoms with Crippen molar-refractivity contribution in [2.75, 3.05) is 0 Å². The molecule has 0 saturated carbocycles. The molecule has 0 unspecified atom stereocenters. The zero-order valence-corrected chi connectivity index (χ0v) is 6.71. The predicted molar refractivity (Wildman–Crippen MR) is 44.3 cm³/mol. The lowest BCUT2D eigenvalue weighted by Crippen LogP contribution is -1.65. The summed E-state index contributed by atoms with van der Waals surface area (Å²) in [7, 11) is 0. The van der Waals surface area contributed by atoms with Crippen molar-refractivity contribution in [3.05, 3.63) is 28.4 Å². The maximum Gasteiger partial charge on any atom is 0.124 e. The number of nitrogens with zero attached hydrogens (tertiary/aromatic N) is 1. The summed E-state index contributed by atoms with van der Waals surface area (Å²) in [4.78, 5) is 4.06. The molecule has 1 nitrogen and oxygen atoms in total. The molecule has 0 saturated heterocycles. The highest BCUT2D eigenvalue weighted by atomic mass is 32.1. The first kappa shape index (κ1) is 6.07. The van der Waals surface area contributed by atoms with Gasteiger partial charge < -0.3 is 0 Å². The summed E-state index contributed by atoms with van der Waals surface area (Å²) in [6, 6.07) is 2.07. The molecular weight excluding hydrogens is 162 g/mol. The largest absolute Gasteiger partial charge is 0.234 e. The van der Waals surface area contributed by atoms with Gasteiger partial charge >= 0.3 is 0 Å². The third kappa shape index (κ3) is 0.978. The van der Waals surface area contributed by atoms with E-state index in [9.17, 15) is 0 Å². The molecule has 3 heteroatoms. The molecule has 2 heterocycles. The molecule has 0 fully saturated rings. The first-order valence-corrected chi connectivity index (χ1v) is 4.63. The van der Waals surface area contributed by atoms with Gasteiger partial charge in [-0.2, -0.15) is 11.3 Å². The Labute approximate surface area is 67.0 Å². The Bertz CT molecular complexity index is 251. The highest BCUT2D eigenvalue weighted by Crippen LogP contribution is 2.23. The number of hydrogen-bond donors (Lipinski definition) is 0. The minimum atomic E-state index is 1.06. The van der Waals surface area contributed by atoms with Crippen molar-refractivity contribution in [2.24, 2.45) is 0 Å². The molecule has 0 aliphatic heterocycles. The second-order valence-electron chi connectivity index (χ2n) is 1.79. The Hall–Kier alpha value is -0.670. The molecule has 10 heavy (non-hydrogen) atoms. The second kappa shape index (κ2) is 2.52. The molecule has 0 aromatic carbocycles. The van der Waals surface area contributed by atoms with Crippen molar-refractivity contribution in [1.82, 2.24) is 4.98 Å². The van der Waals surface area contributed by atoms with Crippen LogP contribution in [-0.4, -0.2) is 4.98 Å². The summed E-state index contributed by atoms with van der Waals surface area (Å²) in [6.07, 6.45) is 2.79. The minimum absolute atomic E-state index is 1.06. The molecular formula is C7H4NS2. The Morgan fingerprint density at radius 2 is 2.50 bits per heavy atom. The van der Waals surface area contributed by atoms with Gasteiger partial charge in [-0.15, -0.1) is 11.3 Å². The second-order valence-corrected chi connectivity index (χ2v) is 3.43. The van der Waals surface area contributed by atoms with Crippen molar-refractivity contribution >= 4 is 22.7 Å². The molecule has 49 valence electrons. The van der Waals surface area contributed by atoms with Crippen LogP contribution in [0.15, 0.2) is 22.2 Å². The minimum Gasteiger partial charge on any atom is -0.234 e. The maximum atomic E-state index is 4.06. The Kier molecular flexibility index (Phi) is 1.53. The molecule has 2 rings (SSSR count). The maximum absolute atomic E-state index is 4.06. The summed E-state index contributed by atoms with van der Waals surface area (Å²) in [5, 5.41) is 7.07. The zero-order valence-electron chi connectivity index (χ0n) is 5.07. The lowest BCUT2D eigenvalue weighted by Gasteiger charge is -1.83. The van der Waals surface area contributed by atoms with Crippen LogP contribution in [0.5, 0.6) is 0 Å². The van der Waals surface area contributed by atoms with Crippen molar-refractivity contribution in [1.29, 1.82) is 0 Å². The smallest absolute Gasteiger partial charge is 0.124 e. The first-order chi connectivity index (χ1) is 4.97. The van der Waals surface area contributed by atoms with E-state index in [1.54, 1.807) is 22.7 Å². The van der Waals surface area contributed by atoms with E-state index in [0.29, 0.717) is 0 Å². The number of rotatable bonds is 1. The molecule has 1 radical (unpaired) electrons. The molecule has 0 aliphatic carbocycles. The van der Waals surface area contributed by atoms with Gasteiger partial charge in [-0.25, -0.2) is 4.98 Å². The molecule has 0 atom stereocenters. The van der Waals surface area contributed by atoms with E-state index in [0.717, 1.165) is 5.01 Å². The molecule has 0 amide bonds. The van der Waals surface area contributed by atoms with E-state index >= 15 is 0 Å². The molecule has 2 aromatic rings. The number of thiophene rings is 1. The van der Waals surface area contributed by atoms with Crippen LogP contribution in [0.4, 0.5) is 0 Å². The van der Waals surface area contributed by atoms with Crippen LogP contribution in [0.2, 0.25) is 0 Å². The highest BCUT2D eigenvalue weighted by Gasteiger charge is 1.97. The van der Waals surface area contributed by atoms with Gasteiger partial charge in [0.1, 0.15) is 11.2 Å². The number of hydrogen-bond acceptors (Lipinski definition) is 3. The summed E-state index contributed by atoms with van der Waals surface area (Å²) in [6.45, 7) is 0. The van der Waals surface area contributed by atoms with Gasteiger partial charge in [0, 0.05) is 16.3 Å². The average molecular weight is 166 g/mol. The van der Waals surface area contributed by atoms with Gasteiger partial charge in [0.05, 0.1) is 0 Å². The van der Waals surface area contributed by atoms with E-state index in [-0.39, 0.29) is 0 Å². The summed E-state index contributed by atoms with van der Waals surface area (Å²) >= 11 is 3.31. The molecule has 0 aliphatic rings. The van der Waals surface area contributed by atoms with Gasteiger partial charge in [-0.3, -0.25) is 0 Å². The summed E-state index contributed by atoms with van der Waals surface area (Å²) in [5.74, 6) is 0. The van der Waals surface area contributed by atoms with E-state index in [4.69, 9.17) is 0 Å². The SMILES string of the molecule is [c]1csc(-c2ccsc2)n1. The first-order valence-electron chi connectivity index (χ1n) is 2.81. The Balaban J connectivity index is 2.48. The van der Waals surface area contributed by atoms with E-state index in [1.807, 2.05) is 5.38 Å². The molecule has 0 bridgehead atoms. The van der Waals surface area contributed by atoms with Crippen LogP contribution in [0.3, 0.4) is 0 Å². The average Bonchev–Trinajstić information content (AvgIpc) is 2.59. The fourth-order valence-corrected chi connectivity index (χ4v) is 2.01. The normalized spacial score (nSPS) is 10.0. The van der Waals surface area contributed by atoms with Gasteiger partial charge in [0.2, 0.25) is 0 Å². The molecule has 0 N–H and O–H groups in total. The molecule has 2 aromatic heterocycles. The van der Waals surface area contributed by atoms with E-state index < -0.39 is 0 Å². The van der Waals surface area contributed by atoms with Gasteiger partial charge in [-0.05, 0) is 11.4 Å². The van der Waals surface area contributed by atoms with Crippen molar-refractivity contribution in [3.8, 4) is 10.6 Å². The fourth-order valence-electron chi connectivity index (χ4n) is 0.712. The van der Waals surface area contributed by atoms with Crippen molar-refractivity contribution in [3.63, 3.8) is 0 Å². The van der Waals surface area contributed by atoms with Crippen molar-refractivity contribution < 1.29 is 0 Å². The van der Waals surface area contributed by atoms with Crippen LogP contribution < -0.4 is 0 Å². The van der Waals surface area contributed by atoms with Crippen LogP contribution in [0.25, 0.3) is 10.6 Å². The van der Waals surface area contributed by atoms with E-state index in [2.05, 4.69) is 28.0 Å². The standard InChI is InChI=1S/C7H4NS2/c1-3-9-5-6(1)7-8-2-4-10-7/h1,3-5H. The van der Waals surface area contributed by atoms with Crippen LogP contribution in [0.1, 0.15) is 0 Å². The third-order valence-corrected chi connectivity index (χ3v) is 2.61. The molecule has 0 spiro atoms. The fraction of sp³-hybridized carbons (Fsp3) is 0.